The maximum Gasteiger partial charge on any atom is 0.252 e. The summed E-state index contributed by atoms with van der Waals surface area (Å²) >= 11 is 21.3. The molecule has 0 saturated carbocycles. The molecule has 2 N–H and O–H groups in total. The van der Waals surface area contributed by atoms with Crippen LogP contribution in [0.25, 0.3) is 0 Å². The maximum atomic E-state index is 12.4. The van der Waals surface area contributed by atoms with Crippen molar-refractivity contribution in [2.24, 2.45) is 0 Å². The fourth-order valence-corrected chi connectivity index (χ4v) is 2.50. The molecule has 0 radical (unpaired) electrons. The second-order valence-electron chi connectivity index (χ2n) is 4.97. The van der Waals surface area contributed by atoms with Crippen molar-refractivity contribution in [3.05, 3.63) is 64.1 Å². The first kappa shape index (κ1) is 18.4. The molecule has 1 atom stereocenters. The Morgan fingerprint density at radius 1 is 1.13 bits per heavy atom. The molecular formula is C16H14BrCl3N2O. The van der Waals surface area contributed by atoms with Gasteiger partial charge in [-0.2, -0.15) is 0 Å². The van der Waals surface area contributed by atoms with Gasteiger partial charge in [0.25, 0.3) is 5.91 Å². The number of carbonyl (C=O) groups is 1. The van der Waals surface area contributed by atoms with E-state index in [1.54, 1.807) is 18.2 Å². The molecule has 0 fully saturated rings. The van der Waals surface area contributed by atoms with Gasteiger partial charge in [0.1, 0.15) is 6.17 Å². The first-order valence-electron chi connectivity index (χ1n) is 6.72. The quantitative estimate of drug-likeness (QED) is 0.505. The third-order valence-electron chi connectivity index (χ3n) is 3.04. The van der Waals surface area contributed by atoms with Crippen LogP contribution in [0.5, 0.6) is 0 Å². The van der Waals surface area contributed by atoms with E-state index in [1.165, 1.54) is 0 Å². The number of carbonyl (C=O) groups excluding carboxylic acids is 1. The predicted molar refractivity (Wildman–Crippen MR) is 100 cm³/mol. The van der Waals surface area contributed by atoms with E-state index in [4.69, 9.17) is 34.8 Å². The summed E-state index contributed by atoms with van der Waals surface area (Å²) in [5.41, 5.74) is 2.19. The average molecular weight is 437 g/mol. The Bertz CT molecular complexity index is 686. The summed E-state index contributed by atoms with van der Waals surface area (Å²) in [5, 5.41) is 5.72. The minimum Gasteiger partial charge on any atom is -0.362 e. The molecule has 23 heavy (non-hydrogen) atoms. The topological polar surface area (TPSA) is 41.1 Å². The Labute approximate surface area is 158 Å². The van der Waals surface area contributed by atoms with Gasteiger partial charge in [0.15, 0.2) is 0 Å². The van der Waals surface area contributed by atoms with Crippen molar-refractivity contribution in [3.63, 3.8) is 0 Å². The normalized spacial score (nSPS) is 12.6. The third kappa shape index (κ3) is 5.57. The minimum absolute atomic E-state index is 0.324. The molecule has 0 bridgehead atoms. The highest BCUT2D eigenvalue weighted by Gasteiger charge is 2.34. The summed E-state index contributed by atoms with van der Waals surface area (Å²) in [5.74, 6) is -0.324. The zero-order valence-corrected chi connectivity index (χ0v) is 16.0. The van der Waals surface area contributed by atoms with E-state index in [2.05, 4.69) is 26.6 Å². The number of benzene rings is 2. The van der Waals surface area contributed by atoms with E-state index in [0.717, 1.165) is 10.0 Å². The summed E-state index contributed by atoms with van der Waals surface area (Å²) in [6.07, 6.45) is -0.887. The van der Waals surface area contributed by atoms with Gasteiger partial charge in [0, 0.05) is 15.7 Å². The van der Waals surface area contributed by atoms with Gasteiger partial charge in [0.05, 0.1) is 0 Å². The average Bonchev–Trinajstić information content (AvgIpc) is 2.47. The summed E-state index contributed by atoms with van der Waals surface area (Å²) in [6.45, 7) is 1.91. The molecule has 0 heterocycles. The van der Waals surface area contributed by atoms with Crippen LogP contribution in [0.15, 0.2) is 53.0 Å². The number of rotatable bonds is 4. The second-order valence-corrected chi connectivity index (χ2v) is 8.25. The van der Waals surface area contributed by atoms with Crippen LogP contribution in [0.4, 0.5) is 5.69 Å². The molecule has 0 saturated heterocycles. The van der Waals surface area contributed by atoms with Crippen molar-refractivity contribution in [1.29, 1.82) is 0 Å². The van der Waals surface area contributed by atoms with E-state index < -0.39 is 9.96 Å². The first-order valence-corrected chi connectivity index (χ1v) is 8.65. The number of anilines is 1. The Morgan fingerprint density at radius 2 is 1.78 bits per heavy atom. The van der Waals surface area contributed by atoms with E-state index in [-0.39, 0.29) is 5.91 Å². The number of hydrogen-bond donors (Lipinski definition) is 2. The van der Waals surface area contributed by atoms with Gasteiger partial charge in [-0.3, -0.25) is 4.79 Å². The van der Waals surface area contributed by atoms with Crippen molar-refractivity contribution < 1.29 is 4.79 Å². The van der Waals surface area contributed by atoms with Crippen molar-refractivity contribution in [2.75, 3.05) is 5.32 Å². The Morgan fingerprint density at radius 3 is 2.35 bits per heavy atom. The standard InChI is InChI=1S/C16H14BrCl3N2O/c1-10-3-2-4-11(9-10)14(23)22-15(16(18,19)20)21-13-7-5-12(17)6-8-13/h2-9,15,21H,1H3,(H,22,23)/t15-/m0/s1. The highest BCUT2D eigenvalue weighted by molar-refractivity contribution is 9.10. The van der Waals surface area contributed by atoms with Crippen molar-refractivity contribution >= 4 is 62.3 Å². The van der Waals surface area contributed by atoms with Gasteiger partial charge in [-0.1, -0.05) is 68.4 Å². The molecule has 0 unspecified atom stereocenters. The monoisotopic (exact) mass is 434 g/mol. The van der Waals surface area contributed by atoms with E-state index in [1.807, 2.05) is 37.3 Å². The van der Waals surface area contributed by atoms with Crippen LogP contribution in [0.1, 0.15) is 15.9 Å². The van der Waals surface area contributed by atoms with Crippen molar-refractivity contribution in [3.8, 4) is 0 Å². The lowest BCUT2D eigenvalue weighted by Crippen LogP contribution is -2.49. The van der Waals surface area contributed by atoms with Crippen LogP contribution in [0.2, 0.25) is 0 Å². The number of alkyl halides is 3. The largest absolute Gasteiger partial charge is 0.362 e. The molecule has 0 aliphatic carbocycles. The first-order chi connectivity index (χ1) is 10.8. The van der Waals surface area contributed by atoms with E-state index in [0.29, 0.717) is 11.3 Å². The summed E-state index contributed by atoms with van der Waals surface area (Å²) < 4.78 is -0.788. The highest BCUT2D eigenvalue weighted by Crippen LogP contribution is 2.31. The Hall–Kier alpha value is -0.940. The zero-order valence-electron chi connectivity index (χ0n) is 12.1. The maximum absolute atomic E-state index is 12.4. The molecule has 0 spiro atoms. The van der Waals surface area contributed by atoms with Gasteiger partial charge >= 0.3 is 0 Å². The summed E-state index contributed by atoms with van der Waals surface area (Å²) in [4.78, 5) is 12.4. The Balaban J connectivity index is 2.16. The predicted octanol–water partition coefficient (Wildman–Crippen LogP) is 5.30. The molecule has 3 nitrogen and oxygen atoms in total. The van der Waals surface area contributed by atoms with Gasteiger partial charge in [-0.15, -0.1) is 0 Å². The fraction of sp³-hybridized carbons (Fsp3) is 0.188. The zero-order chi connectivity index (χ0) is 17.0. The lowest BCUT2D eigenvalue weighted by atomic mass is 10.1. The Kier molecular flexibility index (Phi) is 6.20. The molecule has 0 aliphatic rings. The molecule has 0 aliphatic heterocycles. The number of aryl methyl sites for hydroxylation is 1. The molecule has 122 valence electrons. The van der Waals surface area contributed by atoms with Gasteiger partial charge < -0.3 is 10.6 Å². The number of hydrogen-bond acceptors (Lipinski definition) is 2. The number of nitrogens with one attached hydrogen (secondary N) is 2. The molecule has 2 rings (SSSR count). The van der Waals surface area contributed by atoms with Crippen molar-refractivity contribution in [1.82, 2.24) is 5.32 Å². The fourth-order valence-electron chi connectivity index (χ4n) is 1.91. The molecule has 0 aromatic heterocycles. The van der Waals surface area contributed by atoms with Crippen LogP contribution in [-0.2, 0) is 0 Å². The van der Waals surface area contributed by atoms with Crippen LogP contribution in [0.3, 0.4) is 0 Å². The van der Waals surface area contributed by atoms with Gasteiger partial charge in [-0.25, -0.2) is 0 Å². The molecule has 7 heteroatoms. The molecular weight excluding hydrogens is 422 g/mol. The van der Waals surface area contributed by atoms with Gasteiger partial charge in [-0.05, 0) is 43.3 Å². The molecule has 2 aromatic rings. The molecule has 2 aromatic carbocycles. The van der Waals surface area contributed by atoms with Crippen LogP contribution < -0.4 is 10.6 Å². The lowest BCUT2D eigenvalue weighted by molar-refractivity contribution is 0.0941. The SMILES string of the molecule is Cc1cccc(C(=O)N[C@H](Nc2ccc(Br)cc2)C(Cl)(Cl)Cl)c1. The van der Waals surface area contributed by atoms with E-state index >= 15 is 0 Å². The lowest BCUT2D eigenvalue weighted by Gasteiger charge is -2.27. The minimum atomic E-state index is -1.72. The third-order valence-corrected chi connectivity index (χ3v) is 4.22. The van der Waals surface area contributed by atoms with Gasteiger partial charge in [0.2, 0.25) is 3.79 Å². The van der Waals surface area contributed by atoms with Crippen LogP contribution >= 0.6 is 50.7 Å². The summed E-state index contributed by atoms with van der Waals surface area (Å²) in [7, 11) is 0. The number of amides is 1. The van der Waals surface area contributed by atoms with Crippen molar-refractivity contribution in [2.45, 2.75) is 16.9 Å². The summed E-state index contributed by atoms with van der Waals surface area (Å²) in [6, 6.07) is 14.5. The highest BCUT2D eigenvalue weighted by atomic mass is 79.9. The second kappa shape index (κ2) is 7.75. The number of halogens is 4. The van der Waals surface area contributed by atoms with Crippen LogP contribution in [-0.4, -0.2) is 15.9 Å². The van der Waals surface area contributed by atoms with Crippen LogP contribution in [0, 0.1) is 6.92 Å². The smallest absolute Gasteiger partial charge is 0.252 e. The molecule has 1 amide bonds. The van der Waals surface area contributed by atoms with E-state index in [9.17, 15) is 4.79 Å².